The number of para-hydroxylation sites is 1. The molecule has 3 aromatic rings. The van der Waals surface area contributed by atoms with Gasteiger partial charge in [-0.1, -0.05) is 44.2 Å². The number of furan rings is 1. The highest BCUT2D eigenvalue weighted by Crippen LogP contribution is 2.39. The largest absolute Gasteiger partial charge is 0.481 e. The summed E-state index contributed by atoms with van der Waals surface area (Å²) in [5.74, 6) is -0.692. The quantitative estimate of drug-likeness (QED) is 0.456. The monoisotopic (exact) mass is 426 g/mol. The molecular formula is C25H27FO5. The van der Waals surface area contributed by atoms with Crippen molar-refractivity contribution in [1.82, 2.24) is 0 Å². The van der Waals surface area contributed by atoms with Crippen LogP contribution in [0.2, 0.25) is 0 Å². The fraction of sp³-hybridized carbons (Fsp3) is 0.320. The Hall–Kier alpha value is -2.96. The van der Waals surface area contributed by atoms with Gasteiger partial charge in [-0.3, -0.25) is 4.79 Å². The van der Waals surface area contributed by atoms with Crippen LogP contribution in [0, 0.1) is 12.7 Å². The number of carboxylic acid groups (broad SMARTS) is 1. The second-order valence-electron chi connectivity index (χ2n) is 8.10. The SMILES string of the molecule is Cc1cc(-c2c(/C=C/[C@@H](O)C[C@@H](O)CC(=O)O)oc3c(C(C)C)cccc23)ccc1F. The van der Waals surface area contributed by atoms with Crippen LogP contribution in [0.4, 0.5) is 4.39 Å². The highest BCUT2D eigenvalue weighted by atomic mass is 19.1. The molecule has 0 aliphatic carbocycles. The highest BCUT2D eigenvalue weighted by molar-refractivity contribution is 5.99. The second-order valence-corrected chi connectivity index (χ2v) is 8.10. The van der Waals surface area contributed by atoms with E-state index in [9.17, 15) is 19.4 Å². The van der Waals surface area contributed by atoms with Crippen molar-refractivity contribution in [3.05, 3.63) is 65.2 Å². The lowest BCUT2D eigenvalue weighted by atomic mass is 9.96. The Morgan fingerprint density at radius 3 is 2.58 bits per heavy atom. The summed E-state index contributed by atoms with van der Waals surface area (Å²) in [6, 6.07) is 10.8. The third-order valence-corrected chi connectivity index (χ3v) is 5.24. The lowest BCUT2D eigenvalue weighted by molar-refractivity contribution is -0.139. The fourth-order valence-electron chi connectivity index (χ4n) is 3.67. The summed E-state index contributed by atoms with van der Waals surface area (Å²) in [6.45, 7) is 5.84. The maximum absolute atomic E-state index is 13.9. The molecule has 0 aliphatic rings. The predicted octanol–water partition coefficient (Wildman–Crippen LogP) is 5.27. The van der Waals surface area contributed by atoms with E-state index < -0.39 is 24.6 Å². The molecule has 31 heavy (non-hydrogen) atoms. The van der Waals surface area contributed by atoms with Crippen LogP contribution in [0.5, 0.6) is 0 Å². The zero-order chi connectivity index (χ0) is 22.7. The van der Waals surface area contributed by atoms with Crippen LogP contribution < -0.4 is 0 Å². The Morgan fingerprint density at radius 2 is 1.94 bits per heavy atom. The number of aliphatic hydroxyl groups excluding tert-OH is 2. The van der Waals surface area contributed by atoms with E-state index in [0.717, 1.165) is 27.7 Å². The topological polar surface area (TPSA) is 90.9 Å². The molecule has 164 valence electrons. The molecule has 0 saturated carbocycles. The predicted molar refractivity (Wildman–Crippen MR) is 118 cm³/mol. The van der Waals surface area contributed by atoms with E-state index >= 15 is 0 Å². The molecule has 0 bridgehead atoms. The number of carboxylic acids is 1. The maximum atomic E-state index is 13.9. The zero-order valence-electron chi connectivity index (χ0n) is 17.8. The van der Waals surface area contributed by atoms with E-state index in [1.54, 1.807) is 25.1 Å². The number of aliphatic carboxylic acids is 1. The van der Waals surface area contributed by atoms with Gasteiger partial charge in [0, 0.05) is 17.4 Å². The Labute approximate surface area is 180 Å². The van der Waals surface area contributed by atoms with Crippen LogP contribution in [0.25, 0.3) is 28.2 Å². The third kappa shape index (κ3) is 5.21. The van der Waals surface area contributed by atoms with Crippen molar-refractivity contribution < 1.29 is 28.9 Å². The van der Waals surface area contributed by atoms with Gasteiger partial charge in [0.2, 0.25) is 0 Å². The number of hydrogen-bond acceptors (Lipinski definition) is 4. The summed E-state index contributed by atoms with van der Waals surface area (Å²) in [5, 5.41) is 29.6. The molecule has 3 rings (SSSR count). The molecule has 0 unspecified atom stereocenters. The van der Waals surface area contributed by atoms with Crippen LogP contribution in [-0.2, 0) is 4.79 Å². The molecule has 1 aromatic heterocycles. The number of hydrogen-bond donors (Lipinski definition) is 3. The van der Waals surface area contributed by atoms with Crippen LogP contribution in [0.15, 0.2) is 46.9 Å². The van der Waals surface area contributed by atoms with Gasteiger partial charge in [0.1, 0.15) is 17.2 Å². The van der Waals surface area contributed by atoms with Crippen molar-refractivity contribution in [3.8, 4) is 11.1 Å². The van der Waals surface area contributed by atoms with E-state index in [1.165, 1.54) is 12.1 Å². The minimum Gasteiger partial charge on any atom is -0.481 e. The molecule has 0 amide bonds. The number of halogens is 1. The highest BCUT2D eigenvalue weighted by Gasteiger charge is 2.19. The van der Waals surface area contributed by atoms with E-state index in [2.05, 4.69) is 13.8 Å². The minimum absolute atomic E-state index is 0.106. The lowest BCUT2D eigenvalue weighted by Gasteiger charge is -2.10. The molecule has 6 heteroatoms. The Balaban J connectivity index is 2.06. The molecule has 5 nitrogen and oxygen atoms in total. The number of carbonyl (C=O) groups is 1. The zero-order valence-corrected chi connectivity index (χ0v) is 17.8. The summed E-state index contributed by atoms with van der Waals surface area (Å²) >= 11 is 0. The molecule has 0 saturated heterocycles. The summed E-state index contributed by atoms with van der Waals surface area (Å²) in [4.78, 5) is 10.7. The van der Waals surface area contributed by atoms with Gasteiger partial charge in [-0.25, -0.2) is 4.39 Å². The second kappa shape index (κ2) is 9.45. The Morgan fingerprint density at radius 1 is 1.19 bits per heavy atom. The van der Waals surface area contributed by atoms with E-state index in [1.807, 2.05) is 18.2 Å². The van der Waals surface area contributed by atoms with E-state index in [0.29, 0.717) is 11.3 Å². The first-order chi connectivity index (χ1) is 14.7. The van der Waals surface area contributed by atoms with E-state index in [-0.39, 0.29) is 18.2 Å². The number of aryl methyl sites for hydroxylation is 1. The third-order valence-electron chi connectivity index (χ3n) is 5.24. The van der Waals surface area contributed by atoms with Crippen LogP contribution in [0.3, 0.4) is 0 Å². The smallest absolute Gasteiger partial charge is 0.305 e. The van der Waals surface area contributed by atoms with Crippen molar-refractivity contribution >= 4 is 23.0 Å². The van der Waals surface area contributed by atoms with Gasteiger partial charge in [0.25, 0.3) is 0 Å². The van der Waals surface area contributed by atoms with Crippen LogP contribution in [-0.4, -0.2) is 33.5 Å². The summed E-state index contributed by atoms with van der Waals surface area (Å²) in [7, 11) is 0. The van der Waals surface area contributed by atoms with Crippen molar-refractivity contribution in [2.24, 2.45) is 0 Å². The normalized spacial score (nSPS) is 13.9. The minimum atomic E-state index is -1.15. The van der Waals surface area contributed by atoms with Gasteiger partial charge in [-0.15, -0.1) is 0 Å². The Bertz CT molecular complexity index is 1110. The van der Waals surface area contributed by atoms with Gasteiger partial charge < -0.3 is 19.7 Å². The molecule has 0 aliphatic heterocycles. The Kier molecular flexibility index (Phi) is 6.93. The first kappa shape index (κ1) is 22.7. The summed E-state index contributed by atoms with van der Waals surface area (Å²) < 4.78 is 20.0. The number of benzene rings is 2. The van der Waals surface area contributed by atoms with Gasteiger partial charge in [-0.2, -0.15) is 0 Å². The molecule has 1 heterocycles. The lowest BCUT2D eigenvalue weighted by Crippen LogP contribution is -2.19. The average Bonchev–Trinajstić information content (AvgIpc) is 3.06. The molecule has 2 atom stereocenters. The van der Waals surface area contributed by atoms with Gasteiger partial charge in [0.05, 0.1) is 18.6 Å². The standard InChI is InChI=1S/C25H27FO5/c1-14(2)19-5-4-6-20-24(16-7-9-21(26)15(3)11-16)22(31-25(19)20)10-8-17(27)12-18(28)13-23(29)30/h4-11,14,17-18,27-28H,12-13H2,1-3H3,(H,29,30)/b10-8+/t17-,18-/m1/s1. The molecular weight excluding hydrogens is 399 g/mol. The van der Waals surface area contributed by atoms with Crippen LogP contribution >= 0.6 is 0 Å². The average molecular weight is 426 g/mol. The first-order valence-corrected chi connectivity index (χ1v) is 10.3. The molecule has 0 spiro atoms. The van der Waals surface area contributed by atoms with Gasteiger partial charge >= 0.3 is 5.97 Å². The molecule has 0 radical (unpaired) electrons. The van der Waals surface area contributed by atoms with Gasteiger partial charge in [0.15, 0.2) is 0 Å². The number of fused-ring (bicyclic) bond motifs is 1. The maximum Gasteiger partial charge on any atom is 0.305 e. The van der Waals surface area contributed by atoms with Crippen LogP contribution in [0.1, 0.15) is 49.5 Å². The van der Waals surface area contributed by atoms with E-state index in [4.69, 9.17) is 9.52 Å². The number of rotatable bonds is 8. The van der Waals surface area contributed by atoms with Crippen molar-refractivity contribution in [1.29, 1.82) is 0 Å². The molecule has 2 aromatic carbocycles. The van der Waals surface area contributed by atoms with Crippen molar-refractivity contribution in [2.75, 3.05) is 0 Å². The number of aliphatic hydroxyl groups is 2. The van der Waals surface area contributed by atoms with Crippen molar-refractivity contribution in [2.45, 2.75) is 51.7 Å². The summed E-state index contributed by atoms with van der Waals surface area (Å²) in [6.07, 6.45) is 0.349. The fourth-order valence-corrected chi connectivity index (χ4v) is 3.67. The molecule has 3 N–H and O–H groups in total. The molecule has 0 fully saturated rings. The van der Waals surface area contributed by atoms with Crippen molar-refractivity contribution in [3.63, 3.8) is 0 Å². The summed E-state index contributed by atoms with van der Waals surface area (Å²) in [5.41, 5.74) is 3.86. The van der Waals surface area contributed by atoms with Gasteiger partial charge in [-0.05, 0) is 47.7 Å². The first-order valence-electron chi connectivity index (χ1n) is 10.3.